The average molecular weight is 1430 g/mol. The first-order valence-corrected chi connectivity index (χ1v) is 42.6. The average Bonchev–Trinajstić information content (AvgIpc) is 1.01. The van der Waals surface area contributed by atoms with E-state index in [4.69, 9.17) is 18.9 Å². The number of nitrogens with zero attached hydrogens (tertiary/aromatic N) is 1. The number of carboxylic acids is 1. The van der Waals surface area contributed by atoms with Crippen molar-refractivity contribution >= 4 is 17.9 Å². The van der Waals surface area contributed by atoms with Crippen LogP contribution in [0.1, 0.15) is 361 Å². The van der Waals surface area contributed by atoms with Gasteiger partial charge in [-0.2, -0.15) is 0 Å². The summed E-state index contributed by atoms with van der Waals surface area (Å²) in [6.45, 7) is 4.68. The topological polar surface area (TPSA) is 108 Å². The Bertz CT molecular complexity index is 2270. The number of carbonyl (C=O) groups excluding carboxylic acids is 2. The fourth-order valence-corrected chi connectivity index (χ4v) is 11.9. The van der Waals surface area contributed by atoms with Crippen molar-refractivity contribution in [3.63, 3.8) is 0 Å². The van der Waals surface area contributed by atoms with Gasteiger partial charge in [0.05, 0.1) is 34.4 Å². The minimum absolute atomic E-state index is 0.184. The van der Waals surface area contributed by atoms with E-state index in [2.05, 4.69) is 172 Å². The van der Waals surface area contributed by atoms with Gasteiger partial charge in [-0.15, -0.1) is 0 Å². The molecule has 0 heterocycles. The zero-order valence-electron chi connectivity index (χ0n) is 67.4. The number of hydrogen-bond donors (Lipinski definition) is 1. The Morgan fingerprint density at radius 2 is 0.524 bits per heavy atom. The fourth-order valence-electron chi connectivity index (χ4n) is 11.9. The Kier molecular flexibility index (Phi) is 78.5. The molecule has 9 nitrogen and oxygen atoms in total. The molecule has 0 spiro atoms. The second-order valence-electron chi connectivity index (χ2n) is 29.4. The largest absolute Gasteiger partial charge is 0.477 e. The van der Waals surface area contributed by atoms with Crippen molar-refractivity contribution in [3.8, 4) is 0 Å². The maximum atomic E-state index is 13.0. The molecule has 103 heavy (non-hydrogen) atoms. The zero-order chi connectivity index (χ0) is 74.6. The highest BCUT2D eigenvalue weighted by atomic mass is 16.7. The molecule has 0 radical (unpaired) electrons. The van der Waals surface area contributed by atoms with E-state index in [0.717, 1.165) is 122 Å². The van der Waals surface area contributed by atoms with Crippen LogP contribution in [0.25, 0.3) is 0 Å². The van der Waals surface area contributed by atoms with Crippen LogP contribution in [0.15, 0.2) is 158 Å². The van der Waals surface area contributed by atoms with Crippen molar-refractivity contribution < 1.29 is 42.9 Å². The molecule has 0 saturated carbocycles. The lowest BCUT2D eigenvalue weighted by atomic mass is 10.0. The third-order valence-corrected chi connectivity index (χ3v) is 18.3. The van der Waals surface area contributed by atoms with Crippen LogP contribution < -0.4 is 0 Å². The van der Waals surface area contributed by atoms with Crippen molar-refractivity contribution in [2.24, 2.45) is 0 Å². The summed E-state index contributed by atoms with van der Waals surface area (Å²) in [7, 11) is 5.99. The molecular formula is C94H160NO8+. The highest BCUT2D eigenvalue weighted by Crippen LogP contribution is 2.19. The van der Waals surface area contributed by atoms with Crippen LogP contribution in [0.3, 0.4) is 0 Å². The van der Waals surface area contributed by atoms with Crippen LogP contribution >= 0.6 is 0 Å². The first-order valence-electron chi connectivity index (χ1n) is 42.6. The van der Waals surface area contributed by atoms with E-state index >= 15 is 0 Å². The summed E-state index contributed by atoms with van der Waals surface area (Å²) < 4.78 is 23.1. The van der Waals surface area contributed by atoms with Gasteiger partial charge in [-0.3, -0.25) is 9.59 Å². The number of rotatable bonds is 78. The number of likely N-dealkylation sites (N-methyl/N-ethyl adjacent to an activating group) is 1. The summed E-state index contributed by atoms with van der Waals surface area (Å²) in [5.74, 6) is -1.99. The summed E-state index contributed by atoms with van der Waals surface area (Å²) in [6, 6.07) is 0. The normalized spacial score (nSPS) is 13.4. The number of carboxylic acid groups (broad SMARTS) is 1. The van der Waals surface area contributed by atoms with Gasteiger partial charge in [-0.1, -0.05) is 384 Å². The fraction of sp³-hybridized carbons (Fsp3) is 0.691. The van der Waals surface area contributed by atoms with Crippen LogP contribution in [0, 0.1) is 0 Å². The lowest BCUT2D eigenvalue weighted by Crippen LogP contribution is -2.40. The third kappa shape index (κ3) is 84.1. The van der Waals surface area contributed by atoms with Crippen molar-refractivity contribution in [1.82, 2.24) is 0 Å². The number of hydrogen-bond acceptors (Lipinski definition) is 7. The SMILES string of the molecule is CC/C=C\C/C=C\C/C=C\C/C=C\C/C=C\C/C=C\C/C=C\C/C=C\CCCCCCCCCCCCCCCCCCC(=O)OC(COC(=O)CCCCCCCCCCCCCCCCCCCCCCC/C=C\C/C=C\C/C=C\C/C=C\C/C=C\CC)COC(OCC[N+](C)(C)C)C(=O)O. The molecule has 0 aromatic rings. The summed E-state index contributed by atoms with van der Waals surface area (Å²) in [5.41, 5.74) is 0. The monoisotopic (exact) mass is 1430 g/mol. The van der Waals surface area contributed by atoms with E-state index in [9.17, 15) is 19.5 Å². The molecule has 0 aromatic carbocycles. The van der Waals surface area contributed by atoms with Gasteiger partial charge in [0.15, 0.2) is 6.10 Å². The molecule has 0 aliphatic heterocycles. The minimum Gasteiger partial charge on any atom is -0.477 e. The van der Waals surface area contributed by atoms with Crippen LogP contribution in [-0.2, 0) is 33.3 Å². The highest BCUT2D eigenvalue weighted by molar-refractivity contribution is 5.71. The third-order valence-electron chi connectivity index (χ3n) is 18.3. The highest BCUT2D eigenvalue weighted by Gasteiger charge is 2.25. The number of aliphatic carboxylic acids is 1. The predicted octanol–water partition coefficient (Wildman–Crippen LogP) is 27.9. The Balaban J connectivity index is 4.00. The predicted molar refractivity (Wildman–Crippen MR) is 447 cm³/mol. The molecule has 2 atom stereocenters. The molecule has 2 unspecified atom stereocenters. The van der Waals surface area contributed by atoms with Gasteiger partial charge in [-0.25, -0.2) is 4.79 Å². The molecule has 9 heteroatoms. The number of ether oxygens (including phenoxy) is 4. The summed E-state index contributed by atoms with van der Waals surface area (Å²) in [6.07, 6.45) is 120. The number of allylic oxidation sites excluding steroid dienone is 26. The molecule has 0 amide bonds. The lowest BCUT2D eigenvalue weighted by molar-refractivity contribution is -0.870. The molecule has 0 saturated heterocycles. The van der Waals surface area contributed by atoms with Gasteiger partial charge in [0.2, 0.25) is 0 Å². The van der Waals surface area contributed by atoms with Crippen molar-refractivity contribution in [3.05, 3.63) is 158 Å². The Hall–Kier alpha value is -5.09. The smallest absolute Gasteiger partial charge is 0.361 e. The van der Waals surface area contributed by atoms with Gasteiger partial charge in [0.25, 0.3) is 6.29 Å². The molecule has 0 fully saturated rings. The molecule has 0 aliphatic rings. The minimum atomic E-state index is -1.52. The first kappa shape index (κ1) is 97.9. The first-order chi connectivity index (χ1) is 50.6. The Morgan fingerprint density at radius 3 is 0.777 bits per heavy atom. The number of esters is 2. The van der Waals surface area contributed by atoms with Crippen molar-refractivity contribution in [1.29, 1.82) is 0 Å². The van der Waals surface area contributed by atoms with Gasteiger partial charge in [0.1, 0.15) is 13.2 Å². The molecule has 588 valence electrons. The van der Waals surface area contributed by atoms with Crippen molar-refractivity contribution in [2.75, 3.05) is 47.5 Å². The van der Waals surface area contributed by atoms with Crippen LogP contribution in [-0.4, -0.2) is 87.4 Å². The van der Waals surface area contributed by atoms with Crippen LogP contribution in [0.4, 0.5) is 0 Å². The van der Waals surface area contributed by atoms with E-state index in [0.29, 0.717) is 17.4 Å². The van der Waals surface area contributed by atoms with E-state index in [1.165, 1.54) is 212 Å². The Labute approximate surface area is 635 Å². The molecule has 0 bridgehead atoms. The van der Waals surface area contributed by atoms with Crippen molar-refractivity contribution in [2.45, 2.75) is 373 Å². The molecule has 0 aromatic heterocycles. The molecule has 0 aliphatic carbocycles. The second-order valence-corrected chi connectivity index (χ2v) is 29.4. The summed E-state index contributed by atoms with van der Waals surface area (Å²) in [4.78, 5) is 37.8. The van der Waals surface area contributed by atoms with Gasteiger partial charge >= 0.3 is 17.9 Å². The van der Waals surface area contributed by atoms with E-state index < -0.39 is 24.3 Å². The summed E-state index contributed by atoms with van der Waals surface area (Å²) >= 11 is 0. The zero-order valence-corrected chi connectivity index (χ0v) is 67.4. The van der Waals surface area contributed by atoms with Gasteiger partial charge < -0.3 is 28.5 Å². The van der Waals surface area contributed by atoms with Crippen LogP contribution in [0.5, 0.6) is 0 Å². The maximum Gasteiger partial charge on any atom is 0.361 e. The number of carbonyl (C=O) groups is 3. The van der Waals surface area contributed by atoms with Crippen LogP contribution in [0.2, 0.25) is 0 Å². The Morgan fingerprint density at radius 1 is 0.291 bits per heavy atom. The molecule has 0 rings (SSSR count). The van der Waals surface area contributed by atoms with E-state index in [1.807, 2.05) is 21.1 Å². The van der Waals surface area contributed by atoms with E-state index in [-0.39, 0.29) is 32.2 Å². The maximum absolute atomic E-state index is 13.0. The number of unbranched alkanes of at least 4 members (excludes halogenated alkanes) is 37. The summed E-state index contributed by atoms with van der Waals surface area (Å²) in [5, 5.41) is 9.79. The second kappa shape index (κ2) is 82.6. The van der Waals surface area contributed by atoms with E-state index in [1.54, 1.807) is 0 Å². The quantitative estimate of drug-likeness (QED) is 0.0211. The van der Waals surface area contributed by atoms with Gasteiger partial charge in [-0.05, 0) is 122 Å². The molecule has 1 N–H and O–H groups in total. The lowest BCUT2D eigenvalue weighted by Gasteiger charge is -2.25. The van der Waals surface area contributed by atoms with Gasteiger partial charge in [0, 0.05) is 12.8 Å². The molecular weight excluding hydrogens is 1270 g/mol. The number of quaternary nitrogens is 1. The standard InChI is InChI=1S/C94H159NO8/c1-6-8-10-12-14-16-18-20-22-24-26-28-30-32-34-36-38-40-42-44-45-46-47-49-51-53-55-57-59-61-63-65-67-69-71-73-75-77-79-81-83-85-92(97)103-90(89-102-94(93(98)99)100-87-86-95(3,4)5)88-101-91(96)84-82-80-78-76-74-72-70-68-66-64-62-60-58-56-54-52-50-48-43-41-39-37-35-33-31-29-27-25-23-21-19-17-15-13-11-9-7-2/h8-11,14-17,20-23,26-29,32-35,38,40,44-45,47,49,90,94H,6-7,12-13,18-19,24-25,30-31,36-37,39,41-43,46,48,50-89H2,1-5H3/p+1/b10-8-,11-9-,16-14-,17-15-,22-20-,23-21-,28-26-,29-27-,34-32-,35-33-,40-38-,45-44-,49-47-.